The first-order chi connectivity index (χ1) is 13.1. The van der Waals surface area contributed by atoms with E-state index in [1.165, 1.54) is 70.6 Å². The van der Waals surface area contributed by atoms with Crippen molar-refractivity contribution >= 4 is 0 Å². The van der Waals surface area contributed by atoms with E-state index in [1.807, 2.05) is 0 Å². The predicted octanol–water partition coefficient (Wildman–Crippen LogP) is 7.94. The highest BCUT2D eigenvalue weighted by Gasteiger charge is 2.25. The maximum absolute atomic E-state index is 12.0. The van der Waals surface area contributed by atoms with Crippen molar-refractivity contribution in [3.05, 3.63) is 0 Å². The number of hydrogen-bond donors (Lipinski definition) is 0. The molecule has 1 aliphatic heterocycles. The van der Waals surface area contributed by atoms with Crippen LogP contribution in [0, 0.1) is 0 Å². The fourth-order valence-electron chi connectivity index (χ4n) is 3.61. The van der Waals surface area contributed by atoms with Gasteiger partial charge >= 0.3 is 6.18 Å². The molecule has 162 valence electrons. The molecule has 5 heteroatoms. The number of halogens is 3. The van der Waals surface area contributed by atoms with Crippen LogP contribution >= 0.6 is 0 Å². The van der Waals surface area contributed by atoms with Gasteiger partial charge in [-0.1, -0.05) is 77.0 Å². The molecular weight excluding hydrogens is 353 g/mol. The van der Waals surface area contributed by atoms with Gasteiger partial charge in [0.05, 0.1) is 0 Å². The zero-order chi connectivity index (χ0) is 19.6. The maximum atomic E-state index is 12.0. The first-order valence-electron chi connectivity index (χ1n) is 11.4. The van der Waals surface area contributed by atoms with Crippen LogP contribution in [0.4, 0.5) is 13.2 Å². The molecule has 0 aliphatic carbocycles. The van der Waals surface area contributed by atoms with Crippen molar-refractivity contribution in [2.75, 3.05) is 13.2 Å². The molecule has 0 amide bonds. The molecule has 1 unspecified atom stereocenters. The third-order valence-electron chi connectivity index (χ3n) is 5.30. The van der Waals surface area contributed by atoms with E-state index in [0.717, 1.165) is 45.3 Å². The molecular formula is C22H41F3O2. The summed E-state index contributed by atoms with van der Waals surface area (Å²) in [5, 5.41) is 0. The van der Waals surface area contributed by atoms with Crippen LogP contribution in [0.2, 0.25) is 0 Å². The van der Waals surface area contributed by atoms with E-state index in [0.29, 0.717) is 6.42 Å². The van der Waals surface area contributed by atoms with Crippen LogP contribution in [0.3, 0.4) is 0 Å². The Morgan fingerprint density at radius 2 is 1.15 bits per heavy atom. The third-order valence-corrected chi connectivity index (χ3v) is 5.30. The second kappa shape index (κ2) is 16.6. The van der Waals surface area contributed by atoms with Gasteiger partial charge in [-0.15, -0.1) is 0 Å². The highest BCUT2D eigenvalue weighted by atomic mass is 19.4. The second-order valence-electron chi connectivity index (χ2n) is 7.98. The first kappa shape index (κ1) is 24.7. The van der Waals surface area contributed by atoms with E-state index in [1.54, 1.807) is 0 Å². The normalized spacial score (nSPS) is 18.1. The maximum Gasteiger partial charge on any atom is 0.389 e. The van der Waals surface area contributed by atoms with Crippen molar-refractivity contribution in [3.63, 3.8) is 0 Å². The Hall–Kier alpha value is -0.290. The minimum Gasteiger partial charge on any atom is -0.353 e. The summed E-state index contributed by atoms with van der Waals surface area (Å²) in [7, 11) is 0. The monoisotopic (exact) mass is 394 g/mol. The van der Waals surface area contributed by atoms with Gasteiger partial charge in [-0.05, 0) is 32.1 Å². The van der Waals surface area contributed by atoms with Gasteiger partial charge in [0.2, 0.25) is 0 Å². The highest BCUT2D eigenvalue weighted by Crippen LogP contribution is 2.23. The molecule has 0 aromatic heterocycles. The Labute approximate surface area is 164 Å². The van der Waals surface area contributed by atoms with Crippen molar-refractivity contribution in [3.8, 4) is 0 Å². The summed E-state index contributed by atoms with van der Waals surface area (Å²) in [6.07, 6.45) is 14.6. The van der Waals surface area contributed by atoms with E-state index in [9.17, 15) is 13.2 Å². The lowest BCUT2D eigenvalue weighted by Crippen LogP contribution is -2.22. The average Bonchev–Trinajstić information content (AvgIpc) is 2.64. The van der Waals surface area contributed by atoms with Crippen molar-refractivity contribution < 1.29 is 22.6 Å². The van der Waals surface area contributed by atoms with Gasteiger partial charge < -0.3 is 9.47 Å². The third kappa shape index (κ3) is 17.5. The number of rotatable bonds is 17. The minimum absolute atomic E-state index is 0.0543. The van der Waals surface area contributed by atoms with Crippen LogP contribution < -0.4 is 0 Å². The van der Waals surface area contributed by atoms with Gasteiger partial charge in [0, 0.05) is 19.6 Å². The average molecular weight is 395 g/mol. The molecule has 2 nitrogen and oxygen atoms in total. The second-order valence-corrected chi connectivity index (χ2v) is 7.98. The summed E-state index contributed by atoms with van der Waals surface area (Å²) in [5.74, 6) is 0. The number of ether oxygens (including phenoxy) is 2. The molecule has 1 saturated heterocycles. The molecule has 0 saturated carbocycles. The van der Waals surface area contributed by atoms with Gasteiger partial charge in [0.1, 0.15) is 0 Å². The molecule has 1 rings (SSSR count). The molecule has 1 heterocycles. The Morgan fingerprint density at radius 3 is 1.59 bits per heavy atom. The Morgan fingerprint density at radius 1 is 0.667 bits per heavy atom. The van der Waals surface area contributed by atoms with Gasteiger partial charge in [-0.3, -0.25) is 0 Å². The van der Waals surface area contributed by atoms with Crippen molar-refractivity contribution in [1.82, 2.24) is 0 Å². The SMILES string of the molecule is FC(F)(F)CCCCCCCCCCCCCCCCOC1CCCCO1. The van der Waals surface area contributed by atoms with Crippen LogP contribution in [0.1, 0.15) is 116 Å². The molecule has 1 fully saturated rings. The van der Waals surface area contributed by atoms with Gasteiger partial charge in [0.15, 0.2) is 6.29 Å². The molecule has 0 N–H and O–H groups in total. The largest absolute Gasteiger partial charge is 0.389 e. The number of unbranched alkanes of at least 4 members (excludes halogenated alkanes) is 13. The molecule has 0 spiro atoms. The predicted molar refractivity (Wildman–Crippen MR) is 105 cm³/mol. The molecule has 27 heavy (non-hydrogen) atoms. The summed E-state index contributed by atoms with van der Waals surface area (Å²) >= 11 is 0. The van der Waals surface area contributed by atoms with E-state index in [-0.39, 0.29) is 6.29 Å². The molecule has 1 atom stereocenters. The zero-order valence-electron chi connectivity index (χ0n) is 17.2. The zero-order valence-corrected chi connectivity index (χ0v) is 17.2. The Balaban J connectivity index is 1.67. The van der Waals surface area contributed by atoms with Crippen LogP contribution in [-0.2, 0) is 9.47 Å². The lowest BCUT2D eigenvalue weighted by Gasteiger charge is -2.22. The smallest absolute Gasteiger partial charge is 0.353 e. The fraction of sp³-hybridized carbons (Fsp3) is 1.00. The molecule has 0 aromatic carbocycles. The summed E-state index contributed by atoms with van der Waals surface area (Å²) in [6.45, 7) is 1.69. The van der Waals surface area contributed by atoms with Crippen LogP contribution in [0.5, 0.6) is 0 Å². The van der Waals surface area contributed by atoms with E-state index < -0.39 is 12.6 Å². The summed E-state index contributed by atoms with van der Waals surface area (Å²) in [5.41, 5.74) is 0. The standard InChI is InChI=1S/C22H41F3O2/c23-22(24,25)18-14-11-9-7-5-3-1-2-4-6-8-10-12-15-19-26-21-17-13-16-20-27-21/h21H,1-20H2. The van der Waals surface area contributed by atoms with Gasteiger partial charge in [-0.2, -0.15) is 13.2 Å². The molecule has 1 aliphatic rings. The lowest BCUT2D eigenvalue weighted by atomic mass is 10.0. The van der Waals surface area contributed by atoms with Crippen LogP contribution in [0.25, 0.3) is 0 Å². The number of alkyl halides is 3. The molecule has 0 radical (unpaired) electrons. The highest BCUT2D eigenvalue weighted by molar-refractivity contribution is 4.55. The van der Waals surface area contributed by atoms with Crippen molar-refractivity contribution in [1.29, 1.82) is 0 Å². The minimum atomic E-state index is -3.97. The quantitative estimate of drug-likeness (QED) is 0.233. The molecule has 0 bridgehead atoms. The van der Waals surface area contributed by atoms with Crippen LogP contribution in [0.15, 0.2) is 0 Å². The van der Waals surface area contributed by atoms with Crippen LogP contribution in [-0.4, -0.2) is 25.7 Å². The molecule has 0 aromatic rings. The first-order valence-corrected chi connectivity index (χ1v) is 11.4. The fourth-order valence-corrected chi connectivity index (χ4v) is 3.61. The van der Waals surface area contributed by atoms with E-state index >= 15 is 0 Å². The number of hydrogen-bond acceptors (Lipinski definition) is 2. The summed E-state index contributed by atoms with van der Waals surface area (Å²) < 4.78 is 47.3. The van der Waals surface area contributed by atoms with E-state index in [2.05, 4.69) is 0 Å². The Kier molecular flexibility index (Phi) is 15.3. The summed E-state index contributed by atoms with van der Waals surface area (Å²) in [4.78, 5) is 0. The topological polar surface area (TPSA) is 18.5 Å². The van der Waals surface area contributed by atoms with E-state index in [4.69, 9.17) is 9.47 Å². The van der Waals surface area contributed by atoms with Crippen molar-refractivity contribution in [2.24, 2.45) is 0 Å². The van der Waals surface area contributed by atoms with Gasteiger partial charge in [-0.25, -0.2) is 0 Å². The van der Waals surface area contributed by atoms with Crippen molar-refractivity contribution in [2.45, 2.75) is 128 Å². The lowest BCUT2D eigenvalue weighted by molar-refractivity contribution is -0.162. The van der Waals surface area contributed by atoms with Gasteiger partial charge in [0.25, 0.3) is 0 Å². The Bertz CT molecular complexity index is 315. The summed E-state index contributed by atoms with van der Waals surface area (Å²) in [6, 6.07) is 0.